The lowest BCUT2D eigenvalue weighted by molar-refractivity contribution is 0.0383. The van der Waals surface area contributed by atoms with Gasteiger partial charge in [0, 0.05) is 38.6 Å². The zero-order chi connectivity index (χ0) is 16.6. The average molecular weight is 330 g/mol. The van der Waals surface area contributed by atoms with Crippen molar-refractivity contribution in [3.8, 4) is 0 Å². The highest BCUT2D eigenvalue weighted by Gasteiger charge is 2.11. The molecule has 0 radical (unpaired) electrons. The molecule has 7 heteroatoms. The Kier molecular flexibility index (Phi) is 5.81. The Morgan fingerprint density at radius 1 is 1.29 bits per heavy atom. The summed E-state index contributed by atoms with van der Waals surface area (Å²) in [5, 5.41) is 6.13. The van der Waals surface area contributed by atoms with Gasteiger partial charge in [-0.1, -0.05) is 0 Å². The van der Waals surface area contributed by atoms with Crippen molar-refractivity contribution in [1.29, 1.82) is 0 Å². The Bertz CT molecular complexity index is 639. The lowest BCUT2D eigenvalue weighted by atomic mass is 10.2. The minimum absolute atomic E-state index is 0.114. The van der Waals surface area contributed by atoms with Gasteiger partial charge in [0.2, 0.25) is 0 Å². The second-order valence-corrected chi connectivity index (χ2v) is 5.61. The second kappa shape index (κ2) is 8.47. The topological polar surface area (TPSA) is 79.6 Å². The number of aromatic nitrogens is 1. The van der Waals surface area contributed by atoms with E-state index in [9.17, 15) is 4.79 Å². The molecule has 0 unspecified atom stereocenters. The number of nitrogens with one attached hydrogen (secondary N) is 2. The molecule has 0 aromatic carbocycles. The molecule has 1 aliphatic heterocycles. The number of carbonyl (C=O) groups excluding carboxylic acids is 1. The van der Waals surface area contributed by atoms with Gasteiger partial charge in [-0.25, -0.2) is 0 Å². The van der Waals surface area contributed by atoms with Crippen LogP contribution in [0.4, 0.5) is 5.69 Å². The number of pyridine rings is 1. The van der Waals surface area contributed by atoms with Crippen LogP contribution >= 0.6 is 0 Å². The molecule has 0 aliphatic carbocycles. The van der Waals surface area contributed by atoms with Crippen LogP contribution in [0, 0.1) is 0 Å². The number of hydrogen-bond donors (Lipinski definition) is 2. The fourth-order valence-electron chi connectivity index (χ4n) is 2.52. The number of ether oxygens (including phenoxy) is 1. The van der Waals surface area contributed by atoms with Crippen LogP contribution in [0.5, 0.6) is 0 Å². The van der Waals surface area contributed by atoms with Crippen LogP contribution in [-0.4, -0.2) is 55.2 Å². The number of morpholine rings is 1. The molecule has 1 fully saturated rings. The van der Waals surface area contributed by atoms with Crippen LogP contribution in [0.2, 0.25) is 0 Å². The lowest BCUT2D eigenvalue weighted by Crippen LogP contribution is -2.41. The number of anilines is 1. The van der Waals surface area contributed by atoms with Crippen molar-refractivity contribution in [2.45, 2.75) is 6.54 Å². The highest BCUT2D eigenvalue weighted by Crippen LogP contribution is 2.10. The van der Waals surface area contributed by atoms with E-state index < -0.39 is 0 Å². The summed E-state index contributed by atoms with van der Waals surface area (Å²) in [6, 6.07) is 5.52. The maximum atomic E-state index is 12.2. The molecule has 2 aromatic rings. The van der Waals surface area contributed by atoms with Gasteiger partial charge in [0.15, 0.2) is 0 Å². The monoisotopic (exact) mass is 330 g/mol. The van der Waals surface area contributed by atoms with Gasteiger partial charge in [-0.15, -0.1) is 0 Å². The largest absolute Gasteiger partial charge is 0.467 e. The fraction of sp³-hybridized carbons (Fsp3) is 0.412. The van der Waals surface area contributed by atoms with E-state index in [4.69, 9.17) is 9.15 Å². The van der Waals surface area contributed by atoms with Crippen molar-refractivity contribution in [3.05, 3.63) is 48.2 Å². The average Bonchev–Trinajstić information content (AvgIpc) is 3.15. The van der Waals surface area contributed by atoms with E-state index in [1.807, 2.05) is 12.1 Å². The standard InChI is InChI=1S/C17H22N4O3/c22-17(19-3-4-21-5-8-23-9-6-21)14-10-15(12-18-11-14)20-13-16-2-1-7-24-16/h1-2,7,10-12,20H,3-6,8-9,13H2,(H,19,22). The molecular formula is C17H22N4O3. The number of rotatable bonds is 7. The maximum absolute atomic E-state index is 12.2. The van der Waals surface area contributed by atoms with Crippen LogP contribution in [-0.2, 0) is 11.3 Å². The Morgan fingerprint density at radius 3 is 2.96 bits per heavy atom. The number of furan rings is 1. The fourth-order valence-corrected chi connectivity index (χ4v) is 2.52. The molecule has 128 valence electrons. The van der Waals surface area contributed by atoms with Crippen molar-refractivity contribution in [2.24, 2.45) is 0 Å². The van der Waals surface area contributed by atoms with Gasteiger partial charge in [-0.3, -0.25) is 14.7 Å². The molecule has 24 heavy (non-hydrogen) atoms. The number of amides is 1. The van der Waals surface area contributed by atoms with Crippen LogP contribution in [0.3, 0.4) is 0 Å². The third-order valence-corrected chi connectivity index (χ3v) is 3.86. The molecule has 3 rings (SSSR count). The third kappa shape index (κ3) is 4.81. The molecule has 3 heterocycles. The summed E-state index contributed by atoms with van der Waals surface area (Å²) in [6.07, 6.45) is 4.89. The first-order chi connectivity index (χ1) is 11.8. The van der Waals surface area contributed by atoms with Gasteiger partial charge in [0.05, 0.1) is 37.3 Å². The molecule has 1 aliphatic rings. The highest BCUT2D eigenvalue weighted by atomic mass is 16.5. The molecular weight excluding hydrogens is 308 g/mol. The van der Waals surface area contributed by atoms with Crippen LogP contribution in [0.15, 0.2) is 41.3 Å². The summed E-state index contributed by atoms with van der Waals surface area (Å²) in [5.41, 5.74) is 1.33. The molecule has 0 spiro atoms. The van der Waals surface area contributed by atoms with E-state index in [0.717, 1.165) is 44.3 Å². The minimum atomic E-state index is -0.114. The Labute approximate surface area is 141 Å². The highest BCUT2D eigenvalue weighted by molar-refractivity contribution is 5.94. The predicted octanol–water partition coefficient (Wildman–Crippen LogP) is 1.35. The van der Waals surface area contributed by atoms with Gasteiger partial charge in [-0.05, 0) is 18.2 Å². The van der Waals surface area contributed by atoms with Crippen LogP contribution in [0.25, 0.3) is 0 Å². The summed E-state index contributed by atoms with van der Waals surface area (Å²) in [7, 11) is 0. The van der Waals surface area contributed by atoms with Crippen molar-refractivity contribution < 1.29 is 13.9 Å². The maximum Gasteiger partial charge on any atom is 0.252 e. The molecule has 2 aromatic heterocycles. The van der Waals surface area contributed by atoms with E-state index in [1.165, 1.54) is 0 Å². The first kappa shape index (κ1) is 16.5. The van der Waals surface area contributed by atoms with E-state index in [2.05, 4.69) is 20.5 Å². The zero-order valence-electron chi connectivity index (χ0n) is 13.5. The van der Waals surface area contributed by atoms with E-state index in [0.29, 0.717) is 18.7 Å². The number of carbonyl (C=O) groups is 1. The number of nitrogens with zero attached hydrogens (tertiary/aromatic N) is 2. The van der Waals surface area contributed by atoms with Crippen molar-refractivity contribution >= 4 is 11.6 Å². The van der Waals surface area contributed by atoms with Crippen molar-refractivity contribution in [3.63, 3.8) is 0 Å². The van der Waals surface area contributed by atoms with Crippen LogP contribution < -0.4 is 10.6 Å². The Morgan fingerprint density at radius 2 is 2.17 bits per heavy atom. The smallest absolute Gasteiger partial charge is 0.252 e. The second-order valence-electron chi connectivity index (χ2n) is 5.61. The third-order valence-electron chi connectivity index (χ3n) is 3.86. The summed E-state index contributed by atoms with van der Waals surface area (Å²) >= 11 is 0. The van der Waals surface area contributed by atoms with Gasteiger partial charge in [0.25, 0.3) is 5.91 Å². The van der Waals surface area contributed by atoms with Gasteiger partial charge < -0.3 is 19.8 Å². The van der Waals surface area contributed by atoms with Gasteiger partial charge in [-0.2, -0.15) is 0 Å². The van der Waals surface area contributed by atoms with E-state index in [1.54, 1.807) is 24.7 Å². The van der Waals surface area contributed by atoms with Gasteiger partial charge in [0.1, 0.15) is 5.76 Å². The summed E-state index contributed by atoms with van der Waals surface area (Å²) < 4.78 is 10.6. The van der Waals surface area contributed by atoms with E-state index >= 15 is 0 Å². The minimum Gasteiger partial charge on any atom is -0.467 e. The zero-order valence-corrected chi connectivity index (χ0v) is 13.5. The lowest BCUT2D eigenvalue weighted by Gasteiger charge is -2.26. The summed E-state index contributed by atoms with van der Waals surface area (Å²) in [6.45, 7) is 5.37. The molecule has 1 saturated heterocycles. The number of hydrogen-bond acceptors (Lipinski definition) is 6. The predicted molar refractivity (Wildman–Crippen MR) is 89.9 cm³/mol. The first-order valence-electron chi connectivity index (χ1n) is 8.11. The molecule has 2 N–H and O–H groups in total. The summed E-state index contributed by atoms with van der Waals surface area (Å²) in [5.74, 6) is 0.716. The first-order valence-corrected chi connectivity index (χ1v) is 8.11. The molecule has 0 atom stereocenters. The van der Waals surface area contributed by atoms with Crippen LogP contribution in [0.1, 0.15) is 16.1 Å². The Balaban J connectivity index is 1.46. The van der Waals surface area contributed by atoms with E-state index in [-0.39, 0.29) is 5.91 Å². The SMILES string of the molecule is O=C(NCCN1CCOCC1)c1cncc(NCc2ccco2)c1. The van der Waals surface area contributed by atoms with Crippen molar-refractivity contribution in [1.82, 2.24) is 15.2 Å². The molecule has 0 saturated carbocycles. The Hall–Kier alpha value is -2.38. The molecule has 7 nitrogen and oxygen atoms in total. The van der Waals surface area contributed by atoms with Gasteiger partial charge >= 0.3 is 0 Å². The molecule has 1 amide bonds. The van der Waals surface area contributed by atoms with Crippen molar-refractivity contribution in [2.75, 3.05) is 44.7 Å². The summed E-state index contributed by atoms with van der Waals surface area (Å²) in [4.78, 5) is 18.6. The quantitative estimate of drug-likeness (QED) is 0.798. The normalized spacial score (nSPS) is 15.2. The molecule has 0 bridgehead atoms.